The topological polar surface area (TPSA) is 100 Å². The average molecular weight is 421 g/mol. The molecule has 0 unspecified atom stereocenters. The van der Waals surface area contributed by atoms with Crippen molar-refractivity contribution in [3.05, 3.63) is 59.8 Å². The van der Waals surface area contributed by atoms with E-state index < -0.39 is 5.91 Å². The summed E-state index contributed by atoms with van der Waals surface area (Å²) in [7, 11) is 1.69. The minimum atomic E-state index is -0.479. The molecule has 4 rings (SSSR count). The van der Waals surface area contributed by atoms with Crippen LogP contribution in [0.4, 0.5) is 5.69 Å². The highest BCUT2D eigenvalue weighted by Gasteiger charge is 2.23. The third kappa shape index (κ3) is 4.88. The third-order valence-corrected chi connectivity index (χ3v) is 6.06. The van der Waals surface area contributed by atoms with E-state index in [0.29, 0.717) is 23.6 Å². The molecule has 4 N–H and O–H groups in total. The summed E-state index contributed by atoms with van der Waals surface area (Å²) in [4.78, 5) is 29.1. The van der Waals surface area contributed by atoms with Crippen molar-refractivity contribution in [3.8, 4) is 5.75 Å². The Morgan fingerprint density at radius 2 is 1.90 bits per heavy atom. The first-order valence-corrected chi connectivity index (χ1v) is 10.6. The number of rotatable bonds is 7. The number of nitrogens with zero attached hydrogens (tertiary/aromatic N) is 1. The number of piperidine rings is 1. The van der Waals surface area contributed by atoms with E-state index in [0.717, 1.165) is 43.7 Å². The number of fused-ring (bicyclic) bond motifs is 1. The highest BCUT2D eigenvalue weighted by molar-refractivity contribution is 5.94. The second-order valence-corrected chi connectivity index (χ2v) is 8.01. The van der Waals surface area contributed by atoms with Crippen molar-refractivity contribution < 1.29 is 14.3 Å². The number of methoxy groups -OCH3 is 1. The first-order chi connectivity index (χ1) is 15.0. The van der Waals surface area contributed by atoms with Gasteiger partial charge >= 0.3 is 0 Å². The number of hydrogen-bond donors (Lipinski definition) is 3. The highest BCUT2D eigenvalue weighted by Crippen LogP contribution is 2.34. The molecule has 1 aromatic heterocycles. The van der Waals surface area contributed by atoms with E-state index in [1.165, 1.54) is 10.9 Å². The lowest BCUT2D eigenvalue weighted by molar-refractivity contribution is -0.116. The van der Waals surface area contributed by atoms with E-state index in [2.05, 4.69) is 33.5 Å². The summed E-state index contributed by atoms with van der Waals surface area (Å²) in [5, 5.41) is 4.11. The number of aromatic amines is 1. The van der Waals surface area contributed by atoms with Crippen LogP contribution in [0.1, 0.15) is 41.1 Å². The van der Waals surface area contributed by atoms with Gasteiger partial charge in [-0.2, -0.15) is 0 Å². The van der Waals surface area contributed by atoms with Gasteiger partial charge in [-0.3, -0.25) is 9.59 Å². The second-order valence-electron chi connectivity index (χ2n) is 8.01. The molecule has 162 valence electrons. The lowest BCUT2D eigenvalue weighted by Crippen LogP contribution is -2.35. The first-order valence-electron chi connectivity index (χ1n) is 10.6. The lowest BCUT2D eigenvalue weighted by Gasteiger charge is -2.31. The smallest absolute Gasteiger partial charge is 0.248 e. The first kappa shape index (κ1) is 20.9. The predicted molar refractivity (Wildman–Crippen MR) is 121 cm³/mol. The van der Waals surface area contributed by atoms with Crippen molar-refractivity contribution in [3.63, 3.8) is 0 Å². The molecule has 1 aliphatic rings. The fourth-order valence-electron chi connectivity index (χ4n) is 4.25. The molecule has 1 fully saturated rings. The molecule has 0 spiro atoms. The number of benzene rings is 2. The Bertz CT molecular complexity index is 1070. The fraction of sp³-hybridized carbons (Fsp3) is 0.333. The standard InChI is InChI=1S/C24H28N4O3/c1-31-19-6-7-22-20(14-19)21(15-26-22)16-8-11-28(12-9-16)13-10-23(29)27-18-4-2-17(3-5-18)24(25)30/h2-7,14-16,26H,8-13H2,1H3,(H2,25,30)(H,27,29). The Morgan fingerprint density at radius 3 is 2.58 bits per heavy atom. The summed E-state index contributed by atoms with van der Waals surface area (Å²) in [6.07, 6.45) is 4.70. The molecule has 3 aromatic rings. The molecule has 7 heteroatoms. The van der Waals surface area contributed by atoms with Gasteiger partial charge in [0.15, 0.2) is 0 Å². The summed E-state index contributed by atoms with van der Waals surface area (Å²) in [6, 6.07) is 12.8. The van der Waals surface area contributed by atoms with Crippen LogP contribution < -0.4 is 15.8 Å². The Morgan fingerprint density at radius 1 is 1.16 bits per heavy atom. The highest BCUT2D eigenvalue weighted by atomic mass is 16.5. The number of primary amides is 1. The molecular formula is C24H28N4O3. The summed E-state index contributed by atoms with van der Waals surface area (Å²) >= 11 is 0. The number of carbonyl (C=O) groups excluding carboxylic acids is 2. The van der Waals surface area contributed by atoms with Crippen LogP contribution in [0.5, 0.6) is 5.75 Å². The van der Waals surface area contributed by atoms with Crippen LogP contribution in [-0.4, -0.2) is 48.4 Å². The Hall–Kier alpha value is -3.32. The molecule has 0 radical (unpaired) electrons. The molecular weight excluding hydrogens is 392 g/mol. The quantitative estimate of drug-likeness (QED) is 0.545. The largest absolute Gasteiger partial charge is 0.497 e. The maximum atomic E-state index is 12.3. The van der Waals surface area contributed by atoms with Gasteiger partial charge in [-0.1, -0.05) is 0 Å². The number of carbonyl (C=O) groups is 2. The zero-order valence-electron chi connectivity index (χ0n) is 17.7. The molecule has 0 bridgehead atoms. The number of nitrogens with two attached hydrogens (primary N) is 1. The number of amides is 2. The van der Waals surface area contributed by atoms with Crippen LogP contribution >= 0.6 is 0 Å². The lowest BCUT2D eigenvalue weighted by atomic mass is 9.89. The van der Waals surface area contributed by atoms with Gasteiger partial charge in [0.1, 0.15) is 5.75 Å². The van der Waals surface area contributed by atoms with E-state index in [1.807, 2.05) is 6.07 Å². The SMILES string of the molecule is COc1ccc2[nH]cc(C3CCN(CCC(=O)Nc4ccc(C(N)=O)cc4)CC3)c2c1. The van der Waals surface area contributed by atoms with Crippen molar-refractivity contribution in [1.82, 2.24) is 9.88 Å². The van der Waals surface area contributed by atoms with E-state index in [9.17, 15) is 9.59 Å². The van der Waals surface area contributed by atoms with Gasteiger partial charge in [-0.25, -0.2) is 0 Å². The molecule has 2 aromatic carbocycles. The summed E-state index contributed by atoms with van der Waals surface area (Å²) in [6.45, 7) is 2.68. The Kier molecular flexibility index (Phi) is 6.23. The van der Waals surface area contributed by atoms with Crippen molar-refractivity contribution >= 4 is 28.4 Å². The molecule has 1 saturated heterocycles. The fourth-order valence-corrected chi connectivity index (χ4v) is 4.25. The van der Waals surface area contributed by atoms with Crippen molar-refractivity contribution in [2.75, 3.05) is 32.1 Å². The van der Waals surface area contributed by atoms with Crippen LogP contribution in [0.3, 0.4) is 0 Å². The van der Waals surface area contributed by atoms with Gasteiger partial charge < -0.3 is 25.7 Å². The number of aromatic nitrogens is 1. The summed E-state index contributed by atoms with van der Waals surface area (Å²) in [5.74, 6) is 0.876. The van der Waals surface area contributed by atoms with Crippen LogP contribution in [0.2, 0.25) is 0 Å². The van der Waals surface area contributed by atoms with Crippen molar-refractivity contribution in [2.24, 2.45) is 5.73 Å². The third-order valence-electron chi connectivity index (χ3n) is 6.06. The van der Waals surface area contributed by atoms with Crippen LogP contribution in [0.15, 0.2) is 48.7 Å². The average Bonchev–Trinajstić information content (AvgIpc) is 3.21. The molecule has 0 saturated carbocycles. The maximum absolute atomic E-state index is 12.3. The van der Waals surface area contributed by atoms with Gasteiger partial charge in [0, 0.05) is 41.3 Å². The maximum Gasteiger partial charge on any atom is 0.248 e. The second kappa shape index (κ2) is 9.22. The zero-order chi connectivity index (χ0) is 21.8. The summed E-state index contributed by atoms with van der Waals surface area (Å²) in [5.41, 5.74) is 8.82. The normalized spacial score (nSPS) is 15.1. The van der Waals surface area contributed by atoms with Gasteiger partial charge in [0.05, 0.1) is 7.11 Å². The molecule has 31 heavy (non-hydrogen) atoms. The zero-order valence-corrected chi connectivity index (χ0v) is 17.7. The molecule has 1 aliphatic heterocycles. The number of hydrogen-bond acceptors (Lipinski definition) is 4. The molecule has 7 nitrogen and oxygen atoms in total. The Balaban J connectivity index is 1.26. The van der Waals surface area contributed by atoms with Crippen LogP contribution in [0, 0.1) is 0 Å². The van der Waals surface area contributed by atoms with Gasteiger partial charge in [-0.05, 0) is 79.9 Å². The molecule has 0 aliphatic carbocycles. The number of likely N-dealkylation sites (tertiary alicyclic amines) is 1. The predicted octanol–water partition coefficient (Wildman–Crippen LogP) is 3.48. The summed E-state index contributed by atoms with van der Waals surface area (Å²) < 4.78 is 5.38. The van der Waals surface area contributed by atoms with Crippen molar-refractivity contribution in [2.45, 2.75) is 25.2 Å². The van der Waals surface area contributed by atoms with Gasteiger partial charge in [0.25, 0.3) is 0 Å². The molecule has 2 heterocycles. The molecule has 0 atom stereocenters. The Labute approximate surface area is 181 Å². The number of anilines is 1. The molecule has 2 amide bonds. The van der Waals surface area contributed by atoms with Gasteiger partial charge in [-0.15, -0.1) is 0 Å². The van der Waals surface area contributed by atoms with E-state index in [4.69, 9.17) is 10.5 Å². The van der Waals surface area contributed by atoms with Gasteiger partial charge in [0.2, 0.25) is 11.8 Å². The monoisotopic (exact) mass is 420 g/mol. The minimum absolute atomic E-state index is 0.0299. The van der Waals surface area contributed by atoms with E-state index >= 15 is 0 Å². The number of ether oxygens (including phenoxy) is 1. The van der Waals surface area contributed by atoms with E-state index in [1.54, 1.807) is 31.4 Å². The van der Waals surface area contributed by atoms with Crippen molar-refractivity contribution in [1.29, 1.82) is 0 Å². The van der Waals surface area contributed by atoms with E-state index in [-0.39, 0.29) is 5.91 Å². The van der Waals surface area contributed by atoms with Crippen LogP contribution in [0.25, 0.3) is 10.9 Å². The number of H-pyrrole nitrogens is 1. The van der Waals surface area contributed by atoms with Crippen LogP contribution in [-0.2, 0) is 4.79 Å². The number of nitrogens with one attached hydrogen (secondary N) is 2. The minimum Gasteiger partial charge on any atom is -0.497 e.